The van der Waals surface area contributed by atoms with Gasteiger partial charge in [0, 0.05) is 0 Å². The number of halogens is 8. The van der Waals surface area contributed by atoms with E-state index >= 15 is 0 Å². The number of rotatable bonds is 4. The van der Waals surface area contributed by atoms with E-state index in [9.17, 15) is 34.8 Å². The maximum Gasteiger partial charge on any atom is 0.434 e. The van der Waals surface area contributed by atoms with Gasteiger partial charge >= 0.3 is 12.4 Å². The molecule has 0 unspecified atom stereocenters. The van der Waals surface area contributed by atoms with E-state index < -0.39 is 76.9 Å². The lowest BCUT2D eigenvalue weighted by molar-refractivity contribution is -0.140. The first-order valence-corrected chi connectivity index (χ1v) is 12.0. The highest BCUT2D eigenvalue weighted by atomic mass is 35.5. The van der Waals surface area contributed by atoms with Gasteiger partial charge < -0.3 is 5.73 Å². The zero-order chi connectivity index (χ0) is 26.6. The molecule has 16 heteroatoms. The molecule has 0 aliphatic carbocycles. The van der Waals surface area contributed by atoms with Crippen molar-refractivity contribution >= 4 is 49.9 Å². The van der Waals surface area contributed by atoms with Gasteiger partial charge in [0.05, 0.1) is 26.7 Å². The quantitative estimate of drug-likeness (QED) is 0.249. The van der Waals surface area contributed by atoms with Crippen molar-refractivity contribution in [1.29, 1.82) is 0 Å². The van der Waals surface area contributed by atoms with E-state index in [-0.39, 0.29) is 5.56 Å². The normalized spacial score (nSPS) is 12.9. The molecule has 190 valence electrons. The molecule has 0 aliphatic heterocycles. The van der Waals surface area contributed by atoms with Gasteiger partial charge in [-0.2, -0.15) is 31.3 Å². The Morgan fingerprint density at radius 1 is 0.917 bits per heavy atom. The van der Waals surface area contributed by atoms with Gasteiger partial charge in [-0.25, -0.2) is 18.1 Å². The molecular weight excluding hydrogens is 559 g/mol. The maximum absolute atomic E-state index is 13.9. The molecule has 0 aliphatic rings. The van der Waals surface area contributed by atoms with Crippen LogP contribution in [0.4, 0.5) is 32.2 Å². The van der Waals surface area contributed by atoms with Gasteiger partial charge in [0.2, 0.25) is 15.0 Å². The van der Waals surface area contributed by atoms with Crippen LogP contribution in [-0.2, 0) is 27.9 Å². The standard InChI is InChI=1S/C20H11Cl2F6N5O2S/c21-11-6-10(19(23,24)25)7-12(22)14(11)33-16(29)13-15(20(26,27)28)30-18(31-17(13)32-33)36(34,35)8-9-4-2-1-3-5-9/h1-7H,8,29H2. The van der Waals surface area contributed by atoms with Gasteiger partial charge in [-0.1, -0.05) is 53.5 Å². The number of nitrogens with two attached hydrogens (primary N) is 1. The van der Waals surface area contributed by atoms with E-state index in [2.05, 4.69) is 15.1 Å². The lowest BCUT2D eigenvalue weighted by Crippen LogP contribution is -2.16. The maximum atomic E-state index is 13.9. The summed E-state index contributed by atoms with van der Waals surface area (Å²) in [5.41, 5.74) is 1.93. The van der Waals surface area contributed by atoms with E-state index in [4.69, 9.17) is 28.9 Å². The Hall–Kier alpha value is -3.10. The molecule has 0 bridgehead atoms. The first kappa shape index (κ1) is 26.0. The monoisotopic (exact) mass is 569 g/mol. The molecule has 4 rings (SSSR count). The SMILES string of the molecule is Nc1c2c(C(F)(F)F)nc(S(=O)(=O)Cc3ccccc3)nc2nn1-c1c(Cl)cc(C(F)(F)F)cc1Cl. The summed E-state index contributed by atoms with van der Waals surface area (Å²) in [7, 11) is -4.48. The van der Waals surface area contributed by atoms with Crippen molar-refractivity contribution in [2.45, 2.75) is 23.3 Å². The molecule has 0 saturated heterocycles. The molecule has 2 aromatic carbocycles. The highest BCUT2D eigenvalue weighted by Gasteiger charge is 2.40. The predicted molar refractivity (Wildman–Crippen MR) is 118 cm³/mol. The minimum Gasteiger partial charge on any atom is -0.383 e. The second-order valence-electron chi connectivity index (χ2n) is 7.38. The van der Waals surface area contributed by atoms with Crippen molar-refractivity contribution in [1.82, 2.24) is 19.7 Å². The molecule has 2 aromatic heterocycles. The minimum absolute atomic E-state index is 0.267. The number of hydrogen-bond acceptors (Lipinski definition) is 6. The van der Waals surface area contributed by atoms with Crippen LogP contribution in [-0.4, -0.2) is 28.2 Å². The van der Waals surface area contributed by atoms with Crippen LogP contribution in [0.3, 0.4) is 0 Å². The smallest absolute Gasteiger partial charge is 0.383 e. The van der Waals surface area contributed by atoms with E-state index in [1.54, 1.807) is 6.07 Å². The van der Waals surface area contributed by atoms with Crippen LogP contribution in [0.15, 0.2) is 47.6 Å². The molecule has 36 heavy (non-hydrogen) atoms. The zero-order valence-electron chi connectivity index (χ0n) is 17.4. The van der Waals surface area contributed by atoms with E-state index in [0.29, 0.717) is 16.8 Å². The Balaban J connectivity index is 1.95. The third kappa shape index (κ3) is 4.80. The highest BCUT2D eigenvalue weighted by molar-refractivity contribution is 7.90. The summed E-state index contributed by atoms with van der Waals surface area (Å²) in [6.07, 6.45) is -10.0. The summed E-state index contributed by atoms with van der Waals surface area (Å²) in [6.45, 7) is 0. The topological polar surface area (TPSA) is 104 Å². The van der Waals surface area contributed by atoms with E-state index in [1.807, 2.05) is 0 Å². The number of hydrogen-bond donors (Lipinski definition) is 1. The van der Waals surface area contributed by atoms with Gasteiger partial charge in [0.15, 0.2) is 11.3 Å². The van der Waals surface area contributed by atoms with Crippen molar-refractivity contribution < 1.29 is 34.8 Å². The number of benzene rings is 2. The second-order valence-corrected chi connectivity index (χ2v) is 10.1. The van der Waals surface area contributed by atoms with E-state index in [0.717, 1.165) is 0 Å². The lowest BCUT2D eigenvalue weighted by atomic mass is 10.2. The van der Waals surface area contributed by atoms with Crippen LogP contribution < -0.4 is 5.73 Å². The first-order chi connectivity index (χ1) is 16.6. The Morgan fingerprint density at radius 2 is 1.50 bits per heavy atom. The van der Waals surface area contributed by atoms with Crippen molar-refractivity contribution in [2.75, 3.05) is 5.73 Å². The van der Waals surface area contributed by atoms with Crippen LogP contribution in [0.25, 0.3) is 16.7 Å². The average molecular weight is 570 g/mol. The van der Waals surface area contributed by atoms with Crippen LogP contribution in [0.5, 0.6) is 0 Å². The Morgan fingerprint density at radius 3 is 2.03 bits per heavy atom. The number of sulfone groups is 1. The fraction of sp³-hybridized carbons (Fsp3) is 0.150. The van der Waals surface area contributed by atoms with E-state index in [1.165, 1.54) is 24.3 Å². The summed E-state index contributed by atoms with van der Waals surface area (Å²) in [6, 6.07) is 8.56. The predicted octanol–water partition coefficient (Wildman–Crippen LogP) is 5.72. The summed E-state index contributed by atoms with van der Waals surface area (Å²) >= 11 is 11.9. The third-order valence-corrected chi connectivity index (χ3v) is 6.88. The number of alkyl halides is 6. The molecule has 0 atom stereocenters. The van der Waals surface area contributed by atoms with Crippen molar-refractivity contribution in [3.8, 4) is 5.69 Å². The summed E-state index contributed by atoms with van der Waals surface area (Å²) < 4.78 is 107. The molecule has 4 aromatic rings. The lowest BCUT2D eigenvalue weighted by Gasteiger charge is -2.13. The number of anilines is 1. The minimum atomic E-state index is -5.20. The van der Waals surface area contributed by atoms with Crippen molar-refractivity contribution in [3.05, 3.63) is 69.3 Å². The average Bonchev–Trinajstić information content (AvgIpc) is 3.08. The summed E-state index contributed by atoms with van der Waals surface area (Å²) in [5.74, 6) is -1.48. The van der Waals surface area contributed by atoms with Crippen molar-refractivity contribution in [2.24, 2.45) is 0 Å². The van der Waals surface area contributed by atoms with Crippen LogP contribution in [0.1, 0.15) is 16.8 Å². The largest absolute Gasteiger partial charge is 0.434 e. The molecule has 2 heterocycles. The fourth-order valence-corrected chi connectivity index (χ4v) is 5.16. The number of nitrogens with zero attached hydrogens (tertiary/aromatic N) is 4. The number of nitrogen functional groups attached to an aromatic ring is 1. The van der Waals surface area contributed by atoms with Crippen LogP contribution in [0, 0.1) is 0 Å². The Labute approximate surface area is 208 Å². The molecule has 0 saturated carbocycles. The molecule has 0 radical (unpaired) electrons. The van der Waals surface area contributed by atoms with Gasteiger partial charge in [-0.3, -0.25) is 0 Å². The van der Waals surface area contributed by atoms with Crippen molar-refractivity contribution in [3.63, 3.8) is 0 Å². The molecule has 0 amide bonds. The Kier molecular flexibility index (Phi) is 6.34. The molecule has 0 spiro atoms. The van der Waals surface area contributed by atoms with Gasteiger partial charge in [-0.15, -0.1) is 5.10 Å². The fourth-order valence-electron chi connectivity index (χ4n) is 3.30. The molecule has 7 nitrogen and oxygen atoms in total. The molecule has 0 fully saturated rings. The summed E-state index contributed by atoms with van der Waals surface area (Å²) in [4.78, 5) is 6.89. The number of fused-ring (bicyclic) bond motifs is 1. The highest BCUT2D eigenvalue weighted by Crippen LogP contribution is 2.41. The Bertz CT molecular complexity index is 1570. The number of aromatic nitrogens is 4. The van der Waals surface area contributed by atoms with Crippen LogP contribution in [0.2, 0.25) is 10.0 Å². The molecule has 2 N–H and O–H groups in total. The first-order valence-electron chi connectivity index (χ1n) is 9.56. The van der Waals surface area contributed by atoms with Gasteiger partial charge in [0.1, 0.15) is 11.5 Å². The second kappa shape index (κ2) is 8.78. The van der Waals surface area contributed by atoms with Gasteiger partial charge in [0.25, 0.3) is 0 Å². The zero-order valence-corrected chi connectivity index (χ0v) is 19.7. The molecular formula is C20H11Cl2F6N5O2S. The summed E-state index contributed by atoms with van der Waals surface area (Å²) in [5, 5.41) is 0.466. The van der Waals surface area contributed by atoms with Crippen LogP contribution >= 0.6 is 23.2 Å². The van der Waals surface area contributed by atoms with Gasteiger partial charge in [-0.05, 0) is 17.7 Å². The third-order valence-electron chi connectivity index (χ3n) is 4.85.